The van der Waals surface area contributed by atoms with E-state index in [1.807, 2.05) is 42.7 Å². The van der Waals surface area contributed by atoms with E-state index in [1.165, 1.54) is 17.8 Å². The van der Waals surface area contributed by atoms with Crippen LogP contribution in [0, 0.1) is 0 Å². The average molecular weight is 463 g/mol. The Bertz CT molecular complexity index is 950. The molecule has 1 atom stereocenters. The van der Waals surface area contributed by atoms with E-state index >= 15 is 0 Å². The highest BCUT2D eigenvalue weighted by molar-refractivity contribution is 8.22. The van der Waals surface area contributed by atoms with Crippen LogP contribution in [-0.4, -0.2) is 50.4 Å². The number of carbonyl (C=O) groups is 1. The maximum atomic E-state index is 11.4. The summed E-state index contributed by atoms with van der Waals surface area (Å²) in [6, 6.07) is 13.6. The summed E-state index contributed by atoms with van der Waals surface area (Å²) in [4.78, 5) is 14.5. The van der Waals surface area contributed by atoms with Crippen LogP contribution in [0.3, 0.4) is 0 Å². The zero-order chi connectivity index (χ0) is 22.6. The molecule has 31 heavy (non-hydrogen) atoms. The van der Waals surface area contributed by atoms with Crippen LogP contribution >= 0.6 is 22.5 Å². The van der Waals surface area contributed by atoms with Crippen LogP contribution in [0.1, 0.15) is 31.7 Å². The number of nitrogens with zero attached hydrogens (tertiary/aromatic N) is 2. The van der Waals surface area contributed by atoms with Gasteiger partial charge in [0.1, 0.15) is 0 Å². The molecule has 2 aromatic rings. The number of likely N-dealkylation sites (N-methyl/N-ethyl adjacent to an activating group) is 1. The molecule has 3 N–H and O–H groups in total. The van der Waals surface area contributed by atoms with Crippen molar-refractivity contribution in [2.45, 2.75) is 42.0 Å². The summed E-state index contributed by atoms with van der Waals surface area (Å²) >= 11 is 1.50. The number of hydrogen-bond acceptors (Lipinski definition) is 6. The van der Waals surface area contributed by atoms with E-state index in [1.54, 1.807) is 17.4 Å². The van der Waals surface area contributed by atoms with Gasteiger partial charge < -0.3 is 10.0 Å². The topological polar surface area (TPSA) is 84.2 Å². The van der Waals surface area contributed by atoms with Gasteiger partial charge >= 0.3 is 5.97 Å². The van der Waals surface area contributed by atoms with E-state index in [4.69, 9.17) is 5.11 Å². The lowest BCUT2D eigenvalue weighted by Crippen LogP contribution is -2.39. The van der Waals surface area contributed by atoms with E-state index in [0.717, 1.165) is 41.6 Å². The quantitative estimate of drug-likeness (QED) is 0.335. The van der Waals surface area contributed by atoms with Gasteiger partial charge in [-0.05, 0) is 48.6 Å². The summed E-state index contributed by atoms with van der Waals surface area (Å²) in [5, 5.41) is 9.07. The highest BCUT2D eigenvalue weighted by Gasteiger charge is 2.37. The molecule has 0 saturated heterocycles. The van der Waals surface area contributed by atoms with Gasteiger partial charge in [-0.3, -0.25) is 9.11 Å². The third-order valence-corrected chi connectivity index (χ3v) is 8.38. The molecule has 0 amide bonds. The maximum absolute atomic E-state index is 11.4. The predicted molar refractivity (Wildman–Crippen MR) is 131 cm³/mol. The van der Waals surface area contributed by atoms with Crippen LogP contribution in [0.5, 0.6) is 0 Å². The lowest BCUT2D eigenvalue weighted by Gasteiger charge is -2.43. The Morgan fingerprint density at radius 2 is 1.97 bits per heavy atom. The van der Waals surface area contributed by atoms with Gasteiger partial charge in [0, 0.05) is 36.3 Å². The molecule has 0 aromatic heterocycles. The zero-order valence-corrected chi connectivity index (χ0v) is 19.7. The molecule has 0 saturated carbocycles. The second-order valence-corrected chi connectivity index (χ2v) is 10.4. The molecule has 0 fully saturated rings. The Labute approximate surface area is 190 Å². The van der Waals surface area contributed by atoms with Crippen molar-refractivity contribution in [3.63, 3.8) is 0 Å². The van der Waals surface area contributed by atoms with Gasteiger partial charge in [-0.25, -0.2) is 9.10 Å². The molecule has 1 heterocycles. The van der Waals surface area contributed by atoms with Crippen LogP contribution in [0.25, 0.3) is 6.08 Å². The van der Waals surface area contributed by atoms with E-state index in [-0.39, 0.29) is 6.04 Å². The van der Waals surface area contributed by atoms with Crippen LogP contribution in [0.15, 0.2) is 58.3 Å². The Balaban J connectivity index is 2.23. The van der Waals surface area contributed by atoms with Gasteiger partial charge in [-0.1, -0.05) is 38.0 Å². The number of unbranched alkanes of at least 4 members (excludes halogenated alkanes) is 1. The van der Waals surface area contributed by atoms with Crippen molar-refractivity contribution < 1.29 is 19.0 Å². The minimum Gasteiger partial charge on any atom is -0.478 e. The monoisotopic (exact) mass is 462 g/mol. The summed E-state index contributed by atoms with van der Waals surface area (Å²) in [7, 11) is -1.50. The molecule has 0 radical (unpaired) electrons. The molecule has 3 rings (SSSR count). The van der Waals surface area contributed by atoms with Crippen molar-refractivity contribution in [2.75, 3.05) is 24.7 Å². The number of carboxylic acids is 1. The number of aliphatic carboxylic acids is 1. The SMILES string of the molecule is CCCCC1CN(c2ccccc2)c2cc(SC)c(/C=C/C(=O)O)cc2S(O)(O)N1C. The fourth-order valence-corrected chi connectivity index (χ4v) is 6.04. The van der Waals surface area contributed by atoms with Gasteiger partial charge in [0.15, 0.2) is 0 Å². The minimum absolute atomic E-state index is 0.0479. The average Bonchev–Trinajstić information content (AvgIpc) is 2.84. The summed E-state index contributed by atoms with van der Waals surface area (Å²) < 4.78 is 24.4. The number of fused-ring (bicyclic) bond motifs is 1. The third-order valence-electron chi connectivity index (χ3n) is 5.57. The van der Waals surface area contributed by atoms with Crippen molar-refractivity contribution in [1.29, 1.82) is 0 Å². The van der Waals surface area contributed by atoms with Gasteiger partial charge in [-0.2, -0.15) is 0 Å². The molecule has 0 spiro atoms. The molecular formula is C23H30N2O4S2. The largest absolute Gasteiger partial charge is 0.478 e. The first-order valence-corrected chi connectivity index (χ1v) is 13.0. The van der Waals surface area contributed by atoms with Crippen molar-refractivity contribution in [2.24, 2.45) is 0 Å². The molecular weight excluding hydrogens is 432 g/mol. The van der Waals surface area contributed by atoms with Crippen LogP contribution in [-0.2, 0) is 4.79 Å². The second kappa shape index (κ2) is 10.1. The van der Waals surface area contributed by atoms with Crippen molar-refractivity contribution in [3.05, 3.63) is 54.1 Å². The Kier molecular flexibility index (Phi) is 7.72. The molecule has 1 aliphatic rings. The fraction of sp³-hybridized carbons (Fsp3) is 0.348. The Morgan fingerprint density at radius 1 is 1.26 bits per heavy atom. The van der Waals surface area contributed by atoms with Gasteiger partial charge in [-0.15, -0.1) is 22.5 Å². The highest BCUT2D eigenvalue weighted by atomic mass is 32.3. The summed E-state index contributed by atoms with van der Waals surface area (Å²) in [6.07, 6.45) is 7.39. The second-order valence-electron chi connectivity index (χ2n) is 7.54. The first-order chi connectivity index (χ1) is 14.8. The summed E-state index contributed by atoms with van der Waals surface area (Å²) in [5.74, 6) is -1.05. The standard InChI is InChI=1S/C23H30N2O4S2/c1-4-5-9-19-16-25(18-10-7-6-8-11-18)20-15-21(30-3)17(12-13-23(26)27)14-22(20)31(28,29)24(19)2/h6-8,10-15,19,28-29H,4-5,9,16H2,1-3H3,(H,26,27)/b13-12+. The lowest BCUT2D eigenvalue weighted by atomic mass is 10.1. The number of carboxylic acid groups (broad SMARTS) is 1. The number of rotatable bonds is 7. The molecule has 1 aliphatic heterocycles. The third kappa shape index (κ3) is 5.10. The first kappa shape index (κ1) is 23.7. The number of para-hydroxylation sites is 1. The van der Waals surface area contributed by atoms with Crippen LogP contribution < -0.4 is 4.90 Å². The zero-order valence-electron chi connectivity index (χ0n) is 18.1. The fourth-order valence-electron chi connectivity index (χ4n) is 3.82. The maximum Gasteiger partial charge on any atom is 0.328 e. The van der Waals surface area contributed by atoms with Gasteiger partial charge in [0.05, 0.1) is 10.6 Å². The predicted octanol–water partition coefficient (Wildman–Crippen LogP) is 6.17. The molecule has 6 nitrogen and oxygen atoms in total. The Hall–Kier alpha value is -1.97. The number of hydrogen-bond donors (Lipinski definition) is 3. The van der Waals surface area contributed by atoms with Crippen molar-refractivity contribution in [1.82, 2.24) is 4.31 Å². The highest BCUT2D eigenvalue weighted by Crippen LogP contribution is 2.59. The first-order valence-electron chi connectivity index (χ1n) is 10.3. The van der Waals surface area contributed by atoms with Gasteiger partial charge in [0.2, 0.25) is 0 Å². The minimum atomic E-state index is -3.26. The number of thioether (sulfide) groups is 1. The van der Waals surface area contributed by atoms with Crippen molar-refractivity contribution >= 4 is 46.0 Å². The molecule has 0 aliphatic carbocycles. The molecule has 0 bridgehead atoms. The van der Waals surface area contributed by atoms with E-state index in [2.05, 4.69) is 11.8 Å². The normalized spacial score (nSPS) is 19.8. The summed E-state index contributed by atoms with van der Waals surface area (Å²) in [5.41, 5.74) is 2.38. The lowest BCUT2D eigenvalue weighted by molar-refractivity contribution is -0.131. The molecule has 2 aromatic carbocycles. The van der Waals surface area contributed by atoms with Crippen molar-refractivity contribution in [3.8, 4) is 0 Å². The summed E-state index contributed by atoms with van der Waals surface area (Å²) in [6.45, 7) is 2.76. The van der Waals surface area contributed by atoms with Crippen LogP contribution in [0.4, 0.5) is 11.4 Å². The Morgan fingerprint density at radius 3 is 2.58 bits per heavy atom. The molecule has 168 valence electrons. The van der Waals surface area contributed by atoms with E-state index < -0.39 is 16.7 Å². The van der Waals surface area contributed by atoms with E-state index in [9.17, 15) is 13.9 Å². The molecule has 1 unspecified atom stereocenters. The number of benzene rings is 2. The smallest absolute Gasteiger partial charge is 0.328 e. The van der Waals surface area contributed by atoms with Crippen LogP contribution in [0.2, 0.25) is 0 Å². The van der Waals surface area contributed by atoms with E-state index in [0.29, 0.717) is 17.0 Å². The number of anilines is 2. The molecule has 8 heteroatoms. The van der Waals surface area contributed by atoms with Gasteiger partial charge in [0.25, 0.3) is 0 Å².